The standard InChI is InChI=1S/C26H21N3O2S/c1-31-25(30)16-11-19-7-12-21(13-8-19)24-18-28(22-14-9-20(17-27)10-15-22)26(32)29(24)23-5-3-2-4-6-23/h2-10,12-15,18H,11,16H2,1H3. The zero-order valence-corrected chi connectivity index (χ0v) is 18.4. The third kappa shape index (κ3) is 4.39. The summed E-state index contributed by atoms with van der Waals surface area (Å²) in [4.78, 5) is 11.4. The SMILES string of the molecule is COC(=O)CCc1ccc(-c2cn(-c3ccc(C#N)cc3)c(=S)n2-c2ccccc2)cc1. The number of ether oxygens (including phenoxy) is 1. The zero-order valence-electron chi connectivity index (χ0n) is 17.6. The summed E-state index contributed by atoms with van der Waals surface area (Å²) in [6.07, 6.45) is 3.00. The van der Waals surface area contributed by atoms with Crippen LogP contribution in [-0.4, -0.2) is 22.2 Å². The maximum Gasteiger partial charge on any atom is 0.305 e. The van der Waals surface area contributed by atoms with Crippen LogP contribution in [0.25, 0.3) is 22.6 Å². The quantitative estimate of drug-likeness (QED) is 0.288. The molecule has 0 atom stereocenters. The number of benzene rings is 3. The van der Waals surface area contributed by atoms with Crippen molar-refractivity contribution >= 4 is 18.2 Å². The molecule has 0 fully saturated rings. The highest BCUT2D eigenvalue weighted by Crippen LogP contribution is 2.27. The highest BCUT2D eigenvalue weighted by Gasteiger charge is 2.14. The van der Waals surface area contributed by atoms with Gasteiger partial charge in [-0.05, 0) is 60.6 Å². The summed E-state index contributed by atoms with van der Waals surface area (Å²) < 4.78 is 9.35. The highest BCUT2D eigenvalue weighted by atomic mass is 32.1. The second kappa shape index (κ2) is 9.46. The van der Waals surface area contributed by atoms with Crippen molar-refractivity contribution in [3.63, 3.8) is 0 Å². The van der Waals surface area contributed by atoms with Crippen LogP contribution in [0.15, 0.2) is 85.1 Å². The molecule has 5 nitrogen and oxygen atoms in total. The lowest BCUT2D eigenvalue weighted by Gasteiger charge is -2.09. The van der Waals surface area contributed by atoms with Gasteiger partial charge in [0.2, 0.25) is 0 Å². The lowest BCUT2D eigenvalue weighted by Crippen LogP contribution is -2.02. The molecule has 0 radical (unpaired) electrons. The van der Waals surface area contributed by atoms with Gasteiger partial charge in [-0.15, -0.1) is 0 Å². The summed E-state index contributed by atoms with van der Waals surface area (Å²) in [5.74, 6) is -0.216. The predicted molar refractivity (Wildman–Crippen MR) is 126 cm³/mol. The third-order valence-electron chi connectivity index (χ3n) is 5.27. The number of carbonyl (C=O) groups excluding carboxylic acids is 1. The Bertz CT molecular complexity index is 1330. The van der Waals surface area contributed by atoms with Gasteiger partial charge in [0.15, 0.2) is 4.77 Å². The van der Waals surface area contributed by atoms with Gasteiger partial charge in [0.1, 0.15) is 0 Å². The number of aromatic nitrogens is 2. The molecule has 0 N–H and O–H groups in total. The molecule has 0 bridgehead atoms. The summed E-state index contributed by atoms with van der Waals surface area (Å²) in [6, 6.07) is 27.6. The van der Waals surface area contributed by atoms with Gasteiger partial charge in [0, 0.05) is 29.6 Å². The Morgan fingerprint density at radius 1 is 0.969 bits per heavy atom. The number of nitrogens with zero attached hydrogens (tertiary/aromatic N) is 3. The lowest BCUT2D eigenvalue weighted by molar-refractivity contribution is -0.140. The second-order valence-electron chi connectivity index (χ2n) is 7.27. The molecule has 0 saturated heterocycles. The van der Waals surface area contributed by atoms with E-state index in [0.29, 0.717) is 23.2 Å². The molecule has 0 saturated carbocycles. The summed E-state index contributed by atoms with van der Waals surface area (Å²) in [6.45, 7) is 0. The van der Waals surface area contributed by atoms with E-state index in [-0.39, 0.29) is 5.97 Å². The first-order valence-electron chi connectivity index (χ1n) is 10.2. The van der Waals surface area contributed by atoms with Crippen LogP contribution in [0.2, 0.25) is 0 Å². The first-order chi connectivity index (χ1) is 15.6. The van der Waals surface area contributed by atoms with Crippen LogP contribution in [0.4, 0.5) is 0 Å². The van der Waals surface area contributed by atoms with Crippen molar-refractivity contribution in [1.29, 1.82) is 5.26 Å². The van der Waals surface area contributed by atoms with Crippen LogP contribution < -0.4 is 0 Å². The fourth-order valence-electron chi connectivity index (χ4n) is 3.55. The smallest absolute Gasteiger partial charge is 0.305 e. The fourth-order valence-corrected chi connectivity index (χ4v) is 3.91. The Balaban J connectivity index is 1.78. The number of aryl methyl sites for hydroxylation is 1. The zero-order chi connectivity index (χ0) is 22.5. The molecule has 0 spiro atoms. The van der Waals surface area contributed by atoms with Gasteiger partial charge in [-0.25, -0.2) is 0 Å². The molecule has 0 aliphatic heterocycles. The first kappa shape index (κ1) is 21.3. The number of para-hydroxylation sites is 1. The Hall–Kier alpha value is -3.95. The van der Waals surface area contributed by atoms with Crippen LogP contribution >= 0.6 is 12.2 Å². The maximum atomic E-state index is 11.4. The van der Waals surface area contributed by atoms with E-state index in [1.165, 1.54) is 7.11 Å². The van der Waals surface area contributed by atoms with Crippen LogP contribution in [0.1, 0.15) is 17.5 Å². The number of hydrogen-bond acceptors (Lipinski definition) is 4. The average Bonchev–Trinajstić information content (AvgIpc) is 3.20. The van der Waals surface area contributed by atoms with E-state index >= 15 is 0 Å². The fraction of sp³-hybridized carbons (Fsp3) is 0.115. The topological polar surface area (TPSA) is 59.9 Å². The molecule has 32 heavy (non-hydrogen) atoms. The van der Waals surface area contributed by atoms with Crippen molar-refractivity contribution in [2.75, 3.05) is 7.11 Å². The molecule has 1 aromatic heterocycles. The third-order valence-corrected chi connectivity index (χ3v) is 5.65. The normalized spacial score (nSPS) is 10.5. The number of methoxy groups -OCH3 is 1. The lowest BCUT2D eigenvalue weighted by atomic mass is 10.1. The minimum Gasteiger partial charge on any atom is -0.469 e. The Labute approximate surface area is 191 Å². The predicted octanol–water partition coefficient (Wildman–Crippen LogP) is 5.64. The Morgan fingerprint density at radius 2 is 1.66 bits per heavy atom. The van der Waals surface area contributed by atoms with E-state index < -0.39 is 0 Å². The van der Waals surface area contributed by atoms with Crippen LogP contribution in [-0.2, 0) is 16.0 Å². The van der Waals surface area contributed by atoms with Crippen molar-refractivity contribution in [2.24, 2.45) is 0 Å². The van der Waals surface area contributed by atoms with Crippen LogP contribution in [0.5, 0.6) is 0 Å². The number of nitriles is 1. The summed E-state index contributed by atoms with van der Waals surface area (Å²) >= 11 is 5.86. The number of rotatable bonds is 6. The van der Waals surface area contributed by atoms with Crippen molar-refractivity contribution in [2.45, 2.75) is 12.8 Å². The van der Waals surface area contributed by atoms with Gasteiger partial charge < -0.3 is 4.74 Å². The summed E-state index contributed by atoms with van der Waals surface area (Å²) in [5, 5.41) is 9.10. The van der Waals surface area contributed by atoms with Gasteiger partial charge >= 0.3 is 5.97 Å². The molecule has 0 aliphatic carbocycles. The summed E-state index contributed by atoms with van der Waals surface area (Å²) in [7, 11) is 1.40. The molecule has 6 heteroatoms. The molecular weight excluding hydrogens is 418 g/mol. The molecule has 0 amide bonds. The number of imidazole rings is 1. The minimum absolute atomic E-state index is 0.216. The van der Waals surface area contributed by atoms with E-state index in [9.17, 15) is 4.79 Å². The number of carbonyl (C=O) groups is 1. The van der Waals surface area contributed by atoms with E-state index in [1.807, 2.05) is 82.1 Å². The van der Waals surface area contributed by atoms with Crippen molar-refractivity contribution in [3.05, 3.63) is 101 Å². The van der Waals surface area contributed by atoms with Gasteiger partial charge in [0.05, 0.1) is 24.4 Å². The first-order valence-corrected chi connectivity index (χ1v) is 10.6. The van der Waals surface area contributed by atoms with Crippen molar-refractivity contribution in [1.82, 2.24) is 9.13 Å². The molecule has 158 valence electrons. The van der Waals surface area contributed by atoms with Crippen LogP contribution in [0, 0.1) is 16.1 Å². The van der Waals surface area contributed by atoms with E-state index in [0.717, 1.165) is 28.2 Å². The Morgan fingerprint density at radius 3 is 2.28 bits per heavy atom. The highest BCUT2D eigenvalue weighted by molar-refractivity contribution is 7.71. The van der Waals surface area contributed by atoms with Gasteiger partial charge in [0.25, 0.3) is 0 Å². The molecule has 4 aromatic rings. The minimum atomic E-state index is -0.216. The molecule has 0 aliphatic rings. The second-order valence-corrected chi connectivity index (χ2v) is 7.63. The number of esters is 1. The average molecular weight is 440 g/mol. The molecule has 1 heterocycles. The molecular formula is C26H21N3O2S. The largest absolute Gasteiger partial charge is 0.469 e. The summed E-state index contributed by atoms with van der Waals surface area (Å²) in [5.41, 5.74) is 5.48. The Kier molecular flexibility index (Phi) is 6.29. The van der Waals surface area contributed by atoms with Crippen molar-refractivity contribution < 1.29 is 9.53 Å². The van der Waals surface area contributed by atoms with E-state index in [2.05, 4.69) is 6.07 Å². The van der Waals surface area contributed by atoms with Gasteiger partial charge in [-0.2, -0.15) is 5.26 Å². The van der Waals surface area contributed by atoms with Crippen molar-refractivity contribution in [3.8, 4) is 28.7 Å². The monoisotopic (exact) mass is 439 g/mol. The van der Waals surface area contributed by atoms with Gasteiger partial charge in [-0.1, -0.05) is 42.5 Å². The molecule has 4 rings (SSSR count). The molecule has 3 aromatic carbocycles. The van der Waals surface area contributed by atoms with E-state index in [1.54, 1.807) is 12.1 Å². The van der Waals surface area contributed by atoms with E-state index in [4.69, 9.17) is 22.2 Å². The molecule has 0 unspecified atom stereocenters. The van der Waals surface area contributed by atoms with Crippen LogP contribution in [0.3, 0.4) is 0 Å². The maximum absolute atomic E-state index is 11.4. The van der Waals surface area contributed by atoms with Gasteiger partial charge in [-0.3, -0.25) is 13.9 Å². The number of hydrogen-bond donors (Lipinski definition) is 0.